The number of aromatic hydroxyl groups is 1. The Morgan fingerprint density at radius 1 is 1.00 bits per heavy atom. The van der Waals surface area contributed by atoms with Crippen LogP contribution in [0.2, 0.25) is 0 Å². The first-order chi connectivity index (χ1) is 11.6. The number of carbonyl (C=O) groups is 2. The van der Waals surface area contributed by atoms with Crippen LogP contribution in [-0.4, -0.2) is 42.4 Å². The zero-order valence-electron chi connectivity index (χ0n) is 13.0. The van der Waals surface area contributed by atoms with Crippen molar-refractivity contribution in [2.75, 3.05) is 14.2 Å². The summed E-state index contributed by atoms with van der Waals surface area (Å²) in [5, 5.41) is 14.7. The normalized spacial score (nSPS) is 13.5. The summed E-state index contributed by atoms with van der Waals surface area (Å²) in [6, 6.07) is 9.56. The quantitative estimate of drug-likeness (QED) is 0.686. The van der Waals surface area contributed by atoms with E-state index < -0.39 is 11.8 Å². The molecule has 0 saturated carbocycles. The third kappa shape index (κ3) is 2.45. The minimum absolute atomic E-state index is 0.141. The van der Waals surface area contributed by atoms with Crippen molar-refractivity contribution in [3.05, 3.63) is 53.1 Å². The van der Waals surface area contributed by atoms with E-state index in [0.29, 0.717) is 16.7 Å². The molecule has 0 radical (unpaired) electrons. The molecular formula is C17H14N2O5. The zero-order valence-corrected chi connectivity index (χ0v) is 13.0. The monoisotopic (exact) mass is 326 g/mol. The van der Waals surface area contributed by atoms with Gasteiger partial charge in [0.2, 0.25) is 5.75 Å². The summed E-state index contributed by atoms with van der Waals surface area (Å²) in [5.41, 5.74) is 1.14. The van der Waals surface area contributed by atoms with Crippen molar-refractivity contribution in [1.82, 2.24) is 5.01 Å². The lowest BCUT2D eigenvalue weighted by molar-refractivity contribution is 0.0660. The molecule has 0 fully saturated rings. The molecule has 0 bridgehead atoms. The maximum absolute atomic E-state index is 12.2. The number of benzene rings is 2. The largest absolute Gasteiger partial charge is 0.502 e. The molecule has 0 saturated heterocycles. The van der Waals surface area contributed by atoms with Crippen molar-refractivity contribution >= 4 is 18.0 Å². The third-order valence-corrected chi connectivity index (χ3v) is 3.60. The number of ether oxygens (including phenoxy) is 2. The number of hydrazone groups is 1. The van der Waals surface area contributed by atoms with Crippen molar-refractivity contribution in [3.63, 3.8) is 0 Å². The van der Waals surface area contributed by atoms with E-state index in [2.05, 4.69) is 5.10 Å². The van der Waals surface area contributed by atoms with Crippen molar-refractivity contribution in [3.8, 4) is 17.2 Å². The molecule has 0 aliphatic carbocycles. The van der Waals surface area contributed by atoms with Crippen LogP contribution in [0.3, 0.4) is 0 Å². The lowest BCUT2D eigenvalue weighted by atomic mass is 10.1. The first-order valence-corrected chi connectivity index (χ1v) is 7.03. The van der Waals surface area contributed by atoms with Gasteiger partial charge < -0.3 is 14.6 Å². The number of hydrogen-bond acceptors (Lipinski definition) is 6. The van der Waals surface area contributed by atoms with Crippen LogP contribution in [-0.2, 0) is 0 Å². The number of rotatable bonds is 4. The Morgan fingerprint density at radius 3 is 1.96 bits per heavy atom. The smallest absolute Gasteiger partial charge is 0.282 e. The minimum Gasteiger partial charge on any atom is -0.502 e. The Labute approximate surface area is 137 Å². The molecule has 0 spiro atoms. The van der Waals surface area contributed by atoms with Gasteiger partial charge >= 0.3 is 0 Å². The van der Waals surface area contributed by atoms with Gasteiger partial charge in [-0.2, -0.15) is 10.1 Å². The van der Waals surface area contributed by atoms with Gasteiger partial charge in [0, 0.05) is 5.56 Å². The Hall–Kier alpha value is -3.35. The second-order valence-corrected chi connectivity index (χ2v) is 4.99. The fourth-order valence-electron chi connectivity index (χ4n) is 2.39. The van der Waals surface area contributed by atoms with Gasteiger partial charge in [0.1, 0.15) is 0 Å². The van der Waals surface area contributed by atoms with Crippen LogP contribution in [0.4, 0.5) is 0 Å². The summed E-state index contributed by atoms with van der Waals surface area (Å²) in [6.07, 6.45) is 1.33. The van der Waals surface area contributed by atoms with Crippen LogP contribution < -0.4 is 9.47 Å². The summed E-state index contributed by atoms with van der Waals surface area (Å²) < 4.78 is 10.1. The molecule has 3 rings (SSSR count). The molecule has 1 N–H and O–H groups in total. The number of carbonyl (C=O) groups excluding carboxylic acids is 2. The third-order valence-electron chi connectivity index (χ3n) is 3.60. The highest BCUT2D eigenvalue weighted by Crippen LogP contribution is 2.36. The summed E-state index contributed by atoms with van der Waals surface area (Å²) in [5.74, 6) is -0.719. The number of hydrogen-bond donors (Lipinski definition) is 1. The van der Waals surface area contributed by atoms with Crippen LogP contribution in [0.25, 0.3) is 0 Å². The SMILES string of the molecule is COc1cc(C=NN2C(=O)c3ccccc3C2=O)cc(OC)c1O. The summed E-state index contributed by atoms with van der Waals surface area (Å²) in [6.45, 7) is 0. The lowest BCUT2D eigenvalue weighted by Crippen LogP contribution is -2.24. The van der Waals surface area contributed by atoms with E-state index in [4.69, 9.17) is 9.47 Å². The summed E-state index contributed by atoms with van der Waals surface area (Å²) >= 11 is 0. The number of fused-ring (bicyclic) bond motifs is 1. The van der Waals surface area contributed by atoms with Crippen molar-refractivity contribution in [1.29, 1.82) is 0 Å². The highest BCUT2D eigenvalue weighted by atomic mass is 16.5. The molecule has 0 aromatic heterocycles. The van der Waals surface area contributed by atoms with Gasteiger partial charge in [0.05, 0.1) is 31.6 Å². The van der Waals surface area contributed by atoms with Gasteiger partial charge in [-0.15, -0.1) is 0 Å². The summed E-state index contributed by atoms with van der Waals surface area (Å²) in [4.78, 5) is 24.5. The molecule has 122 valence electrons. The molecule has 2 aromatic rings. The van der Waals surface area contributed by atoms with Crippen LogP contribution >= 0.6 is 0 Å². The Balaban J connectivity index is 1.93. The molecule has 0 atom stereocenters. The van der Waals surface area contributed by atoms with E-state index in [-0.39, 0.29) is 17.2 Å². The molecule has 7 heteroatoms. The standard InChI is InChI=1S/C17H14N2O5/c1-23-13-7-10(8-14(24-2)15(13)20)9-18-19-16(21)11-5-3-4-6-12(11)17(19)22/h3-9,20H,1-2H3. The molecular weight excluding hydrogens is 312 g/mol. The van der Waals surface area contributed by atoms with Crippen LogP contribution in [0.1, 0.15) is 26.3 Å². The summed E-state index contributed by atoms with van der Waals surface area (Å²) in [7, 11) is 2.80. The fraction of sp³-hybridized carbons (Fsp3) is 0.118. The highest BCUT2D eigenvalue weighted by Gasteiger charge is 2.35. The van der Waals surface area contributed by atoms with E-state index in [1.807, 2.05) is 0 Å². The van der Waals surface area contributed by atoms with E-state index >= 15 is 0 Å². The second-order valence-electron chi connectivity index (χ2n) is 4.99. The molecule has 2 aromatic carbocycles. The van der Waals surface area contributed by atoms with E-state index in [9.17, 15) is 14.7 Å². The molecule has 2 amide bonds. The fourth-order valence-corrected chi connectivity index (χ4v) is 2.39. The number of phenols is 1. The van der Waals surface area contributed by atoms with Crippen LogP contribution in [0.5, 0.6) is 17.2 Å². The molecule has 1 aliphatic rings. The van der Waals surface area contributed by atoms with E-state index in [1.54, 1.807) is 24.3 Å². The van der Waals surface area contributed by atoms with Crippen molar-refractivity contribution < 1.29 is 24.2 Å². The van der Waals surface area contributed by atoms with Crippen LogP contribution in [0, 0.1) is 0 Å². The number of nitrogens with zero attached hydrogens (tertiary/aromatic N) is 2. The van der Waals surface area contributed by atoms with Gasteiger partial charge in [-0.05, 0) is 24.3 Å². The number of methoxy groups -OCH3 is 2. The van der Waals surface area contributed by atoms with Gasteiger partial charge in [-0.25, -0.2) is 0 Å². The first-order valence-electron chi connectivity index (χ1n) is 7.03. The predicted molar refractivity (Wildman–Crippen MR) is 85.7 cm³/mol. The van der Waals surface area contributed by atoms with Crippen molar-refractivity contribution in [2.24, 2.45) is 5.10 Å². The Bertz CT molecular complexity index is 800. The van der Waals surface area contributed by atoms with Gasteiger partial charge in [0.15, 0.2) is 11.5 Å². The molecule has 24 heavy (non-hydrogen) atoms. The molecule has 1 aliphatic heterocycles. The second kappa shape index (κ2) is 6.04. The minimum atomic E-state index is -0.482. The van der Waals surface area contributed by atoms with Gasteiger partial charge in [0.25, 0.3) is 11.8 Å². The Kier molecular flexibility index (Phi) is 3.91. The van der Waals surface area contributed by atoms with E-state index in [0.717, 1.165) is 5.01 Å². The van der Waals surface area contributed by atoms with Crippen molar-refractivity contribution in [2.45, 2.75) is 0 Å². The Morgan fingerprint density at radius 2 is 1.50 bits per heavy atom. The lowest BCUT2D eigenvalue weighted by Gasteiger charge is -2.10. The van der Waals surface area contributed by atoms with Gasteiger partial charge in [-0.3, -0.25) is 9.59 Å². The average molecular weight is 326 g/mol. The van der Waals surface area contributed by atoms with Crippen LogP contribution in [0.15, 0.2) is 41.5 Å². The predicted octanol–water partition coefficient (Wildman–Crippen LogP) is 2.04. The number of imide groups is 1. The zero-order chi connectivity index (χ0) is 17.3. The highest BCUT2D eigenvalue weighted by molar-refractivity contribution is 6.21. The first kappa shape index (κ1) is 15.5. The molecule has 1 heterocycles. The maximum Gasteiger partial charge on any atom is 0.282 e. The van der Waals surface area contributed by atoms with Gasteiger partial charge in [-0.1, -0.05) is 12.1 Å². The molecule has 7 nitrogen and oxygen atoms in total. The van der Waals surface area contributed by atoms with E-state index in [1.165, 1.54) is 32.6 Å². The maximum atomic E-state index is 12.2. The average Bonchev–Trinajstić information content (AvgIpc) is 2.85. The number of phenolic OH excluding ortho intramolecular Hbond substituents is 1. The molecule has 0 unspecified atom stereocenters. The number of amides is 2. The topological polar surface area (TPSA) is 88.4 Å².